The molecule has 4 heteroatoms. The molecule has 0 spiro atoms. The molecule has 0 fully saturated rings. The molecule has 4 rings (SSSR count). The van der Waals surface area contributed by atoms with Crippen molar-refractivity contribution in [1.29, 1.82) is 0 Å². The van der Waals surface area contributed by atoms with E-state index in [2.05, 4.69) is 46.4 Å². The van der Waals surface area contributed by atoms with Crippen LogP contribution in [0.5, 0.6) is 0 Å². The van der Waals surface area contributed by atoms with Gasteiger partial charge >= 0.3 is 0 Å². The average molecular weight is 293 g/mol. The number of oxazole rings is 1. The fourth-order valence-electron chi connectivity index (χ4n) is 3.20. The molecule has 0 saturated heterocycles. The van der Waals surface area contributed by atoms with Gasteiger partial charge < -0.3 is 14.6 Å². The summed E-state index contributed by atoms with van der Waals surface area (Å²) in [6, 6.07) is 17.6. The number of nitrogens with zero attached hydrogens (tertiary/aromatic N) is 2. The van der Waals surface area contributed by atoms with Crippen LogP contribution in [-0.2, 0) is 6.42 Å². The molecule has 0 bridgehead atoms. The van der Waals surface area contributed by atoms with Crippen molar-refractivity contribution >= 4 is 22.8 Å². The predicted molar refractivity (Wildman–Crippen MR) is 89.5 cm³/mol. The lowest BCUT2D eigenvalue weighted by Gasteiger charge is -2.24. The molecule has 0 amide bonds. The largest absolute Gasteiger partial charge is 0.424 e. The minimum absolute atomic E-state index is 0.544. The zero-order valence-electron chi connectivity index (χ0n) is 12.6. The summed E-state index contributed by atoms with van der Waals surface area (Å²) in [7, 11) is 0. The van der Waals surface area contributed by atoms with Gasteiger partial charge in [0.2, 0.25) is 0 Å². The first-order valence-corrected chi connectivity index (χ1v) is 7.75. The van der Waals surface area contributed by atoms with Gasteiger partial charge in [-0.2, -0.15) is 4.98 Å². The van der Waals surface area contributed by atoms with Crippen LogP contribution in [-0.4, -0.2) is 24.1 Å². The second kappa shape index (κ2) is 5.37. The van der Waals surface area contributed by atoms with E-state index in [9.17, 15) is 0 Å². The number of nitrogens with one attached hydrogen (secondary N) is 1. The van der Waals surface area contributed by atoms with Crippen molar-refractivity contribution in [2.45, 2.75) is 19.4 Å². The van der Waals surface area contributed by atoms with E-state index >= 15 is 0 Å². The summed E-state index contributed by atoms with van der Waals surface area (Å²) in [5.41, 5.74) is 4.51. The van der Waals surface area contributed by atoms with Crippen molar-refractivity contribution in [2.75, 3.05) is 23.3 Å². The van der Waals surface area contributed by atoms with Crippen LogP contribution in [0.1, 0.15) is 12.5 Å². The van der Waals surface area contributed by atoms with Crippen molar-refractivity contribution in [3.05, 3.63) is 54.1 Å². The van der Waals surface area contributed by atoms with Crippen molar-refractivity contribution < 1.29 is 4.42 Å². The van der Waals surface area contributed by atoms with Gasteiger partial charge in [-0.15, -0.1) is 0 Å². The second-order valence-corrected chi connectivity index (χ2v) is 5.79. The highest BCUT2D eigenvalue weighted by molar-refractivity contribution is 5.74. The summed E-state index contributed by atoms with van der Waals surface area (Å²) in [4.78, 5) is 6.89. The number of anilines is 2. The number of rotatable bonds is 4. The first-order chi connectivity index (χ1) is 10.8. The van der Waals surface area contributed by atoms with Crippen LogP contribution in [0.15, 0.2) is 52.9 Å². The first-order valence-electron chi connectivity index (χ1n) is 7.75. The van der Waals surface area contributed by atoms with Crippen LogP contribution in [0, 0.1) is 0 Å². The van der Waals surface area contributed by atoms with Crippen LogP contribution in [0.4, 0.5) is 11.7 Å². The molecule has 4 nitrogen and oxygen atoms in total. The van der Waals surface area contributed by atoms with Gasteiger partial charge in [-0.1, -0.05) is 30.3 Å². The normalized spacial score (nSPS) is 17.0. The molecule has 0 radical (unpaired) electrons. The molecule has 1 atom stereocenters. The third-order valence-electron chi connectivity index (χ3n) is 4.27. The lowest BCUT2D eigenvalue weighted by molar-refractivity contribution is 0.609. The highest BCUT2D eigenvalue weighted by Crippen LogP contribution is 2.31. The smallest absolute Gasteiger partial charge is 0.295 e. The highest BCUT2D eigenvalue weighted by Gasteiger charge is 2.24. The first kappa shape index (κ1) is 13.2. The Morgan fingerprint density at radius 3 is 2.91 bits per heavy atom. The molecular weight excluding hydrogens is 274 g/mol. The Labute approximate surface area is 129 Å². The molecule has 0 saturated carbocycles. The maximum absolute atomic E-state index is 5.69. The van der Waals surface area contributed by atoms with Gasteiger partial charge in [0.05, 0.1) is 0 Å². The van der Waals surface area contributed by atoms with Crippen molar-refractivity contribution in [2.24, 2.45) is 0 Å². The fraction of sp³-hybridized carbons (Fsp3) is 0.278. The summed E-state index contributed by atoms with van der Waals surface area (Å²) < 4.78 is 5.69. The number of fused-ring (bicyclic) bond motifs is 2. The Balaban J connectivity index is 1.43. The molecule has 2 heterocycles. The van der Waals surface area contributed by atoms with Gasteiger partial charge in [-0.3, -0.25) is 0 Å². The Morgan fingerprint density at radius 1 is 1.18 bits per heavy atom. The number of hydrogen-bond donors (Lipinski definition) is 1. The maximum atomic E-state index is 5.69. The summed E-state index contributed by atoms with van der Waals surface area (Å²) in [5.74, 6) is 0. The number of benzene rings is 2. The van der Waals surface area contributed by atoms with Gasteiger partial charge in [-0.05, 0) is 37.1 Å². The monoisotopic (exact) mass is 293 g/mol. The van der Waals surface area contributed by atoms with E-state index in [1.807, 2.05) is 24.3 Å². The molecule has 1 aromatic heterocycles. The highest BCUT2D eigenvalue weighted by atomic mass is 16.4. The molecule has 1 aliphatic rings. The topological polar surface area (TPSA) is 41.3 Å². The van der Waals surface area contributed by atoms with E-state index in [0.717, 1.165) is 30.6 Å². The quantitative estimate of drug-likeness (QED) is 0.796. The van der Waals surface area contributed by atoms with Crippen LogP contribution < -0.4 is 10.2 Å². The van der Waals surface area contributed by atoms with Crippen LogP contribution in [0.2, 0.25) is 0 Å². The van der Waals surface area contributed by atoms with Gasteiger partial charge in [0.1, 0.15) is 5.52 Å². The van der Waals surface area contributed by atoms with Crippen molar-refractivity contribution in [1.82, 2.24) is 4.98 Å². The van der Waals surface area contributed by atoms with E-state index in [4.69, 9.17) is 4.42 Å². The third-order valence-corrected chi connectivity index (χ3v) is 4.27. The summed E-state index contributed by atoms with van der Waals surface area (Å²) in [5, 5.41) is 3.29. The minimum atomic E-state index is 0.544. The van der Waals surface area contributed by atoms with Gasteiger partial charge in [0.25, 0.3) is 6.01 Å². The molecule has 0 aliphatic carbocycles. The number of aromatic nitrogens is 1. The Morgan fingerprint density at radius 2 is 2.00 bits per heavy atom. The van der Waals surface area contributed by atoms with Gasteiger partial charge in [0, 0.05) is 24.8 Å². The van der Waals surface area contributed by atoms with Crippen LogP contribution >= 0.6 is 0 Å². The molecule has 1 N–H and O–H groups in total. The standard InChI is InChI=1S/C18H19N3O/c1-13-12-14-6-2-4-8-16(14)21(13)11-10-19-18-20-15-7-3-5-9-17(15)22-18/h2-9,13H,10-12H2,1H3,(H,19,20). The summed E-state index contributed by atoms with van der Waals surface area (Å²) >= 11 is 0. The average Bonchev–Trinajstić information content (AvgIpc) is 3.08. The van der Waals surface area contributed by atoms with Crippen LogP contribution in [0.25, 0.3) is 11.1 Å². The predicted octanol–water partition coefficient (Wildman–Crippen LogP) is 3.69. The Hall–Kier alpha value is -2.49. The van der Waals surface area contributed by atoms with E-state index < -0.39 is 0 Å². The maximum Gasteiger partial charge on any atom is 0.295 e. The Bertz CT molecular complexity index is 763. The fourth-order valence-corrected chi connectivity index (χ4v) is 3.20. The van der Waals surface area contributed by atoms with E-state index in [-0.39, 0.29) is 0 Å². The van der Waals surface area contributed by atoms with E-state index in [0.29, 0.717) is 12.1 Å². The molecule has 1 unspecified atom stereocenters. The zero-order valence-corrected chi connectivity index (χ0v) is 12.6. The number of hydrogen-bond acceptors (Lipinski definition) is 4. The third kappa shape index (κ3) is 2.30. The van der Waals surface area contributed by atoms with Gasteiger partial charge in [0.15, 0.2) is 5.58 Å². The molecule has 3 aromatic rings. The van der Waals surface area contributed by atoms with E-state index in [1.165, 1.54) is 11.3 Å². The lowest BCUT2D eigenvalue weighted by atomic mass is 10.1. The van der Waals surface area contributed by atoms with Crippen molar-refractivity contribution in [3.63, 3.8) is 0 Å². The molecule has 2 aromatic carbocycles. The lowest BCUT2D eigenvalue weighted by Crippen LogP contribution is -2.33. The molecular formula is C18H19N3O. The molecule has 112 valence electrons. The molecule has 1 aliphatic heterocycles. The van der Waals surface area contributed by atoms with E-state index in [1.54, 1.807) is 0 Å². The van der Waals surface area contributed by atoms with Gasteiger partial charge in [-0.25, -0.2) is 0 Å². The SMILES string of the molecule is CC1Cc2ccccc2N1CCNc1nc2ccccc2o1. The van der Waals surface area contributed by atoms with Crippen molar-refractivity contribution in [3.8, 4) is 0 Å². The zero-order chi connectivity index (χ0) is 14.9. The summed E-state index contributed by atoms with van der Waals surface area (Å²) in [6.45, 7) is 4.03. The number of para-hydroxylation sites is 3. The second-order valence-electron chi connectivity index (χ2n) is 5.79. The molecule has 22 heavy (non-hydrogen) atoms. The Kier molecular flexibility index (Phi) is 3.22. The minimum Gasteiger partial charge on any atom is -0.424 e. The van der Waals surface area contributed by atoms with Crippen LogP contribution in [0.3, 0.4) is 0 Å². The summed E-state index contributed by atoms with van der Waals surface area (Å²) in [6.07, 6.45) is 1.12.